The van der Waals surface area contributed by atoms with Gasteiger partial charge in [-0.15, -0.1) is 11.3 Å². The van der Waals surface area contributed by atoms with Crippen molar-refractivity contribution < 1.29 is 4.79 Å². The van der Waals surface area contributed by atoms with Crippen LogP contribution in [-0.4, -0.2) is 29.0 Å². The SMILES string of the molecule is CNC(C)C(=O)Nc1ccc(-c2sc(C)nc2C)c(C#Cc2ccccc2)n1. The number of rotatable bonds is 4. The zero-order chi connectivity index (χ0) is 20.1. The zero-order valence-electron chi connectivity index (χ0n) is 16.3. The van der Waals surface area contributed by atoms with E-state index in [1.807, 2.05) is 50.2 Å². The van der Waals surface area contributed by atoms with E-state index in [-0.39, 0.29) is 11.9 Å². The van der Waals surface area contributed by atoms with Crippen LogP contribution in [0.2, 0.25) is 0 Å². The summed E-state index contributed by atoms with van der Waals surface area (Å²) >= 11 is 1.62. The first-order chi connectivity index (χ1) is 13.5. The van der Waals surface area contributed by atoms with Crippen LogP contribution in [0.5, 0.6) is 0 Å². The van der Waals surface area contributed by atoms with Gasteiger partial charge in [0.2, 0.25) is 5.91 Å². The molecule has 0 bridgehead atoms. The van der Waals surface area contributed by atoms with Crippen molar-refractivity contribution in [2.75, 3.05) is 12.4 Å². The topological polar surface area (TPSA) is 66.9 Å². The average molecular weight is 391 g/mol. The first-order valence-electron chi connectivity index (χ1n) is 8.98. The maximum Gasteiger partial charge on any atom is 0.242 e. The van der Waals surface area contributed by atoms with E-state index in [1.54, 1.807) is 31.4 Å². The highest BCUT2D eigenvalue weighted by molar-refractivity contribution is 7.15. The number of carbonyl (C=O) groups is 1. The molecule has 28 heavy (non-hydrogen) atoms. The molecule has 2 heterocycles. The van der Waals surface area contributed by atoms with Gasteiger partial charge < -0.3 is 10.6 Å². The van der Waals surface area contributed by atoms with E-state index in [4.69, 9.17) is 0 Å². The predicted molar refractivity (Wildman–Crippen MR) is 114 cm³/mol. The fourth-order valence-corrected chi connectivity index (χ4v) is 3.55. The maximum atomic E-state index is 12.2. The molecule has 1 amide bonds. The summed E-state index contributed by atoms with van der Waals surface area (Å²) in [4.78, 5) is 22.4. The summed E-state index contributed by atoms with van der Waals surface area (Å²) in [6.07, 6.45) is 0. The number of carbonyl (C=O) groups excluding carboxylic acids is 1. The van der Waals surface area contributed by atoms with Gasteiger partial charge in [-0.25, -0.2) is 9.97 Å². The molecule has 0 spiro atoms. The number of hydrogen-bond donors (Lipinski definition) is 2. The maximum absolute atomic E-state index is 12.2. The number of nitrogens with one attached hydrogen (secondary N) is 2. The largest absolute Gasteiger partial charge is 0.309 e. The molecule has 1 atom stereocenters. The van der Waals surface area contributed by atoms with E-state index in [2.05, 4.69) is 32.4 Å². The molecule has 0 saturated heterocycles. The fraction of sp³-hybridized carbons (Fsp3) is 0.227. The number of amides is 1. The van der Waals surface area contributed by atoms with Crippen LogP contribution in [0.1, 0.15) is 28.9 Å². The number of aryl methyl sites for hydroxylation is 2. The minimum Gasteiger partial charge on any atom is -0.309 e. The monoisotopic (exact) mass is 390 g/mol. The Morgan fingerprint density at radius 2 is 1.82 bits per heavy atom. The lowest BCUT2D eigenvalue weighted by Gasteiger charge is -2.11. The van der Waals surface area contributed by atoms with E-state index in [0.717, 1.165) is 26.7 Å². The summed E-state index contributed by atoms with van der Waals surface area (Å²) in [5, 5.41) is 6.75. The Bertz CT molecular complexity index is 1050. The van der Waals surface area contributed by atoms with Gasteiger partial charge in [0.15, 0.2) is 0 Å². The van der Waals surface area contributed by atoms with Crippen LogP contribution in [0.25, 0.3) is 10.4 Å². The lowest BCUT2D eigenvalue weighted by molar-refractivity contribution is -0.117. The van der Waals surface area contributed by atoms with Crippen LogP contribution >= 0.6 is 11.3 Å². The summed E-state index contributed by atoms with van der Waals surface area (Å²) in [5.74, 6) is 6.67. The van der Waals surface area contributed by atoms with E-state index >= 15 is 0 Å². The number of pyridine rings is 1. The molecule has 0 fully saturated rings. The number of benzene rings is 1. The molecule has 6 heteroatoms. The van der Waals surface area contributed by atoms with Gasteiger partial charge in [-0.2, -0.15) is 0 Å². The minimum atomic E-state index is -0.313. The Morgan fingerprint density at radius 1 is 1.07 bits per heavy atom. The number of nitrogens with zero attached hydrogens (tertiary/aromatic N) is 2. The quantitative estimate of drug-likeness (QED) is 0.666. The van der Waals surface area contributed by atoms with E-state index in [0.29, 0.717) is 11.5 Å². The Balaban J connectivity index is 2.03. The second-order valence-corrected chi connectivity index (χ2v) is 7.56. The highest BCUT2D eigenvalue weighted by Gasteiger charge is 2.15. The molecule has 142 valence electrons. The summed E-state index contributed by atoms with van der Waals surface area (Å²) in [5.41, 5.74) is 3.40. The molecule has 0 aliphatic heterocycles. The fourth-order valence-electron chi connectivity index (χ4n) is 2.61. The number of hydrogen-bond acceptors (Lipinski definition) is 5. The van der Waals surface area contributed by atoms with Crippen molar-refractivity contribution in [3.63, 3.8) is 0 Å². The van der Waals surface area contributed by atoms with Gasteiger partial charge in [0.05, 0.1) is 21.6 Å². The first kappa shape index (κ1) is 19.7. The molecule has 0 aliphatic rings. The van der Waals surface area contributed by atoms with Gasteiger partial charge in [0.25, 0.3) is 0 Å². The standard InChI is InChI=1S/C22H22N4OS/c1-14-21(28-16(3)24-14)18-11-13-20(26-22(27)15(2)23-4)25-19(18)12-10-17-8-6-5-7-9-17/h5-9,11,13,15,23H,1-4H3,(H,25,26,27). The molecule has 5 nitrogen and oxygen atoms in total. The Kier molecular flexibility index (Phi) is 6.19. The normalized spacial score (nSPS) is 11.4. The van der Waals surface area contributed by atoms with Gasteiger partial charge in [-0.1, -0.05) is 24.1 Å². The second-order valence-electron chi connectivity index (χ2n) is 6.36. The third kappa shape index (κ3) is 4.63. The van der Waals surface area contributed by atoms with Gasteiger partial charge in [0.1, 0.15) is 11.5 Å². The average Bonchev–Trinajstić information content (AvgIpc) is 3.04. The molecular formula is C22H22N4OS. The summed E-state index contributed by atoms with van der Waals surface area (Å²) in [7, 11) is 1.74. The highest BCUT2D eigenvalue weighted by atomic mass is 32.1. The van der Waals surface area contributed by atoms with Crippen molar-refractivity contribution in [2.24, 2.45) is 0 Å². The van der Waals surface area contributed by atoms with Crippen LogP contribution in [-0.2, 0) is 4.79 Å². The lowest BCUT2D eigenvalue weighted by Crippen LogP contribution is -2.35. The number of anilines is 1. The van der Waals surface area contributed by atoms with Crippen LogP contribution in [0.4, 0.5) is 5.82 Å². The predicted octanol–water partition coefficient (Wildman–Crippen LogP) is 3.77. The van der Waals surface area contributed by atoms with Crippen molar-refractivity contribution in [2.45, 2.75) is 26.8 Å². The van der Waals surface area contributed by atoms with Gasteiger partial charge >= 0.3 is 0 Å². The second kappa shape index (κ2) is 8.79. The summed E-state index contributed by atoms with van der Waals surface area (Å²) in [6, 6.07) is 13.2. The van der Waals surface area contributed by atoms with Crippen LogP contribution in [0, 0.1) is 25.7 Å². The molecule has 0 aliphatic carbocycles. The Labute approximate surface area is 169 Å². The molecule has 2 aromatic heterocycles. The zero-order valence-corrected chi connectivity index (χ0v) is 17.1. The van der Waals surface area contributed by atoms with Crippen molar-refractivity contribution >= 4 is 23.1 Å². The van der Waals surface area contributed by atoms with Crippen molar-refractivity contribution in [3.05, 3.63) is 64.4 Å². The lowest BCUT2D eigenvalue weighted by atomic mass is 10.1. The van der Waals surface area contributed by atoms with Crippen LogP contribution in [0.15, 0.2) is 42.5 Å². The first-order valence-corrected chi connectivity index (χ1v) is 9.80. The molecular weight excluding hydrogens is 368 g/mol. The number of likely N-dealkylation sites (N-methyl/N-ethyl adjacent to an activating group) is 1. The smallest absolute Gasteiger partial charge is 0.242 e. The summed E-state index contributed by atoms with van der Waals surface area (Å²) in [6.45, 7) is 5.76. The van der Waals surface area contributed by atoms with Crippen molar-refractivity contribution in [1.82, 2.24) is 15.3 Å². The molecule has 1 unspecified atom stereocenters. The van der Waals surface area contributed by atoms with Gasteiger partial charge in [-0.05, 0) is 58.0 Å². The Hall–Kier alpha value is -3.01. The third-order valence-corrected chi connectivity index (χ3v) is 5.33. The van der Waals surface area contributed by atoms with Crippen LogP contribution in [0.3, 0.4) is 0 Å². The third-order valence-electron chi connectivity index (χ3n) is 4.22. The molecule has 0 saturated carbocycles. The van der Waals surface area contributed by atoms with E-state index in [9.17, 15) is 4.79 Å². The molecule has 3 aromatic rings. The summed E-state index contributed by atoms with van der Waals surface area (Å²) < 4.78 is 0. The number of thiazole rings is 1. The molecule has 0 radical (unpaired) electrons. The number of aromatic nitrogens is 2. The minimum absolute atomic E-state index is 0.144. The van der Waals surface area contributed by atoms with E-state index < -0.39 is 0 Å². The molecule has 3 rings (SSSR count). The molecule has 2 N–H and O–H groups in total. The van der Waals surface area contributed by atoms with Crippen molar-refractivity contribution in [3.8, 4) is 22.3 Å². The van der Waals surface area contributed by atoms with E-state index in [1.165, 1.54) is 0 Å². The highest BCUT2D eigenvalue weighted by Crippen LogP contribution is 2.32. The molecule has 1 aromatic carbocycles. The van der Waals surface area contributed by atoms with Gasteiger partial charge in [-0.3, -0.25) is 4.79 Å². The van der Waals surface area contributed by atoms with Crippen LogP contribution < -0.4 is 10.6 Å². The Morgan fingerprint density at radius 3 is 2.46 bits per heavy atom. The van der Waals surface area contributed by atoms with Gasteiger partial charge in [0, 0.05) is 11.1 Å². The van der Waals surface area contributed by atoms with Crippen molar-refractivity contribution in [1.29, 1.82) is 0 Å².